The number of amides is 1. The van der Waals surface area contributed by atoms with Gasteiger partial charge in [-0.25, -0.2) is 0 Å². The monoisotopic (exact) mass is 466 g/mol. The smallest absolute Gasteiger partial charge is 0.237 e. The molecule has 1 aromatic heterocycles. The zero-order chi connectivity index (χ0) is 22.8. The van der Waals surface area contributed by atoms with Crippen LogP contribution >= 0.6 is 11.8 Å². The molecule has 9 heteroatoms. The summed E-state index contributed by atoms with van der Waals surface area (Å²) in [5.41, 5.74) is 3.48. The lowest BCUT2D eigenvalue weighted by atomic mass is 9.92. The Morgan fingerprint density at radius 3 is 2.82 bits per heavy atom. The number of rotatable bonds is 7. The van der Waals surface area contributed by atoms with E-state index in [2.05, 4.69) is 27.6 Å². The number of aromatic nitrogens is 3. The summed E-state index contributed by atoms with van der Waals surface area (Å²) in [5.74, 6) is 2.74. The van der Waals surface area contributed by atoms with Gasteiger partial charge in [0.2, 0.25) is 12.7 Å². The highest BCUT2D eigenvalue weighted by Crippen LogP contribution is 2.34. The molecule has 8 nitrogen and oxygen atoms in total. The molecule has 5 rings (SSSR count). The van der Waals surface area contributed by atoms with Crippen molar-refractivity contribution in [3.8, 4) is 17.2 Å². The number of benzene rings is 2. The fourth-order valence-electron chi connectivity index (χ4n) is 3.95. The Hall–Kier alpha value is -3.20. The molecular weight excluding hydrogens is 440 g/mol. The van der Waals surface area contributed by atoms with E-state index < -0.39 is 0 Å². The Morgan fingerprint density at radius 1 is 1.12 bits per heavy atom. The van der Waals surface area contributed by atoms with Crippen LogP contribution in [0.2, 0.25) is 0 Å². The number of carbonyl (C=O) groups excluding carboxylic acids is 1. The molecule has 1 amide bonds. The van der Waals surface area contributed by atoms with Crippen molar-refractivity contribution >= 4 is 23.4 Å². The molecule has 0 saturated carbocycles. The Labute approximate surface area is 196 Å². The minimum absolute atomic E-state index is 0.131. The average Bonchev–Trinajstić information content (AvgIpc) is 3.43. The van der Waals surface area contributed by atoms with Gasteiger partial charge < -0.3 is 24.1 Å². The van der Waals surface area contributed by atoms with Gasteiger partial charge in [0.1, 0.15) is 12.4 Å². The van der Waals surface area contributed by atoms with Crippen LogP contribution in [0, 0.1) is 0 Å². The summed E-state index contributed by atoms with van der Waals surface area (Å²) in [6, 6.07) is 11.7. The van der Waals surface area contributed by atoms with E-state index >= 15 is 0 Å². The third-order valence-electron chi connectivity index (χ3n) is 5.90. The second-order valence-corrected chi connectivity index (χ2v) is 9.51. The average molecular weight is 467 g/mol. The molecule has 33 heavy (non-hydrogen) atoms. The van der Waals surface area contributed by atoms with Gasteiger partial charge in [0.15, 0.2) is 22.5 Å². The van der Waals surface area contributed by atoms with Crippen molar-refractivity contribution < 1.29 is 19.0 Å². The van der Waals surface area contributed by atoms with Gasteiger partial charge in [0.25, 0.3) is 0 Å². The van der Waals surface area contributed by atoms with Gasteiger partial charge >= 0.3 is 0 Å². The molecule has 0 saturated heterocycles. The first-order valence-corrected chi connectivity index (χ1v) is 11.9. The molecule has 1 atom stereocenters. The van der Waals surface area contributed by atoms with Crippen LogP contribution in [0.3, 0.4) is 0 Å². The van der Waals surface area contributed by atoms with Gasteiger partial charge in [-0.15, -0.1) is 10.2 Å². The predicted molar refractivity (Wildman–Crippen MR) is 125 cm³/mol. The number of fused-ring (bicyclic) bond motifs is 2. The van der Waals surface area contributed by atoms with E-state index in [1.54, 1.807) is 18.2 Å². The van der Waals surface area contributed by atoms with Crippen LogP contribution in [0.5, 0.6) is 17.2 Å². The van der Waals surface area contributed by atoms with E-state index in [0.717, 1.165) is 18.6 Å². The lowest BCUT2D eigenvalue weighted by Gasteiger charge is -2.16. The van der Waals surface area contributed by atoms with Gasteiger partial charge in [-0.05, 0) is 68.0 Å². The highest BCUT2D eigenvalue weighted by Gasteiger charge is 2.21. The lowest BCUT2D eigenvalue weighted by Crippen LogP contribution is -2.22. The largest absolute Gasteiger partial charge is 0.486 e. The fourth-order valence-corrected chi connectivity index (χ4v) is 4.78. The summed E-state index contributed by atoms with van der Waals surface area (Å²) < 4.78 is 18.5. The molecule has 3 aromatic rings. The van der Waals surface area contributed by atoms with E-state index in [9.17, 15) is 4.79 Å². The van der Waals surface area contributed by atoms with Crippen LogP contribution in [-0.4, -0.2) is 32.7 Å². The molecular formula is C24H26N4O4S. The van der Waals surface area contributed by atoms with Crippen LogP contribution in [0.4, 0.5) is 5.69 Å². The molecule has 2 heterocycles. The molecule has 172 valence electrons. The number of thioether (sulfide) groups is 1. The van der Waals surface area contributed by atoms with Crippen molar-refractivity contribution in [1.29, 1.82) is 0 Å². The maximum Gasteiger partial charge on any atom is 0.237 e. The van der Waals surface area contributed by atoms with Gasteiger partial charge in [-0.2, -0.15) is 0 Å². The SMILES string of the molecule is CC(Sc1nnc(COc2ccc3c(c2)CCCC3)n1C)C(=O)Nc1ccc2c(c1)OCO2. The summed E-state index contributed by atoms with van der Waals surface area (Å²) in [6.45, 7) is 2.36. The van der Waals surface area contributed by atoms with Crippen LogP contribution in [0.25, 0.3) is 0 Å². The summed E-state index contributed by atoms with van der Waals surface area (Å²) >= 11 is 1.35. The standard InChI is InChI=1S/C24H26N4O4S/c1-15(23(29)25-18-8-10-20-21(12-18)32-14-31-20)33-24-27-26-22(28(24)2)13-30-19-9-7-16-5-3-4-6-17(16)11-19/h7-12,15H,3-6,13-14H2,1-2H3,(H,25,29). The molecule has 1 unspecified atom stereocenters. The third kappa shape index (κ3) is 4.78. The number of carbonyl (C=O) groups is 1. The van der Waals surface area contributed by atoms with E-state index in [0.29, 0.717) is 34.8 Å². The maximum atomic E-state index is 12.7. The molecule has 0 fully saturated rings. The number of hydrogen-bond acceptors (Lipinski definition) is 7. The van der Waals surface area contributed by atoms with Crippen molar-refractivity contribution in [2.45, 2.75) is 49.6 Å². The number of aryl methyl sites for hydroxylation is 2. The molecule has 2 aliphatic rings. The number of anilines is 1. The Kier molecular flexibility index (Phi) is 6.13. The first-order valence-electron chi connectivity index (χ1n) is 11.1. The molecule has 0 radical (unpaired) electrons. The van der Waals surface area contributed by atoms with Crippen molar-refractivity contribution in [2.75, 3.05) is 12.1 Å². The summed E-state index contributed by atoms with van der Waals surface area (Å²) in [7, 11) is 1.89. The van der Waals surface area contributed by atoms with Crippen LogP contribution in [-0.2, 0) is 31.3 Å². The second-order valence-electron chi connectivity index (χ2n) is 8.20. The van der Waals surface area contributed by atoms with Gasteiger partial charge in [-0.1, -0.05) is 17.8 Å². The number of nitrogens with one attached hydrogen (secondary N) is 1. The van der Waals surface area contributed by atoms with Crippen LogP contribution in [0.15, 0.2) is 41.6 Å². The zero-order valence-corrected chi connectivity index (χ0v) is 19.5. The lowest BCUT2D eigenvalue weighted by molar-refractivity contribution is -0.115. The van der Waals surface area contributed by atoms with Crippen LogP contribution < -0.4 is 19.5 Å². The second kappa shape index (κ2) is 9.35. The van der Waals surface area contributed by atoms with Crippen LogP contribution in [0.1, 0.15) is 36.7 Å². The third-order valence-corrected chi connectivity index (χ3v) is 7.04. The fraction of sp³-hybridized carbons (Fsp3) is 0.375. The first-order chi connectivity index (χ1) is 16.1. The van der Waals surface area contributed by atoms with Gasteiger partial charge in [-0.3, -0.25) is 4.79 Å². The molecule has 1 aliphatic carbocycles. The van der Waals surface area contributed by atoms with Crippen molar-refractivity contribution in [1.82, 2.24) is 14.8 Å². The minimum atomic E-state index is -0.368. The minimum Gasteiger partial charge on any atom is -0.486 e. The molecule has 1 N–H and O–H groups in total. The van der Waals surface area contributed by atoms with E-state index in [1.807, 2.05) is 24.6 Å². The highest BCUT2D eigenvalue weighted by molar-refractivity contribution is 8.00. The normalized spacial score (nSPS) is 15.1. The Balaban J connectivity index is 1.18. The van der Waals surface area contributed by atoms with E-state index in [-0.39, 0.29) is 18.0 Å². The highest BCUT2D eigenvalue weighted by atomic mass is 32.2. The predicted octanol–water partition coefficient (Wildman–Crippen LogP) is 4.12. The Bertz CT molecular complexity index is 1180. The van der Waals surface area contributed by atoms with Crippen molar-refractivity contribution in [3.63, 3.8) is 0 Å². The number of hydrogen-bond donors (Lipinski definition) is 1. The number of nitrogens with zero attached hydrogens (tertiary/aromatic N) is 3. The van der Waals surface area contributed by atoms with E-state index in [4.69, 9.17) is 14.2 Å². The van der Waals surface area contributed by atoms with E-state index in [1.165, 1.54) is 35.7 Å². The molecule has 0 bridgehead atoms. The van der Waals surface area contributed by atoms with Crippen molar-refractivity contribution in [3.05, 3.63) is 53.3 Å². The Morgan fingerprint density at radius 2 is 1.94 bits per heavy atom. The van der Waals surface area contributed by atoms with Gasteiger partial charge in [0, 0.05) is 18.8 Å². The molecule has 0 spiro atoms. The number of ether oxygens (including phenoxy) is 3. The molecule has 2 aromatic carbocycles. The molecule has 1 aliphatic heterocycles. The van der Waals surface area contributed by atoms with Gasteiger partial charge in [0.05, 0.1) is 5.25 Å². The van der Waals surface area contributed by atoms with Crippen molar-refractivity contribution in [2.24, 2.45) is 7.05 Å². The summed E-state index contributed by atoms with van der Waals surface area (Å²) in [5, 5.41) is 11.7. The summed E-state index contributed by atoms with van der Waals surface area (Å²) in [6.07, 6.45) is 4.77. The topological polar surface area (TPSA) is 87.5 Å². The quantitative estimate of drug-likeness (QED) is 0.524. The summed E-state index contributed by atoms with van der Waals surface area (Å²) in [4.78, 5) is 12.7. The maximum absolute atomic E-state index is 12.7. The zero-order valence-electron chi connectivity index (χ0n) is 18.7. The first kappa shape index (κ1) is 21.6.